The Kier molecular flexibility index (Phi) is 2.83. The Bertz CT molecular complexity index is 255. The summed E-state index contributed by atoms with van der Waals surface area (Å²) in [5.74, 6) is -1.30. The summed E-state index contributed by atoms with van der Waals surface area (Å²) >= 11 is 0. The van der Waals surface area contributed by atoms with E-state index in [-0.39, 0.29) is 17.2 Å². The fourth-order valence-electron chi connectivity index (χ4n) is 2.01. The molecule has 1 rings (SSSR count). The van der Waals surface area contributed by atoms with E-state index in [9.17, 15) is 9.59 Å². The lowest BCUT2D eigenvalue weighted by Crippen LogP contribution is -2.34. The number of hydrogen-bond acceptors (Lipinski definition) is 2. The zero-order valence-corrected chi connectivity index (χ0v) is 8.96. The van der Waals surface area contributed by atoms with Crippen LogP contribution >= 0.6 is 0 Å². The summed E-state index contributed by atoms with van der Waals surface area (Å²) in [5.41, 5.74) is 5.31. The van der Waals surface area contributed by atoms with Crippen molar-refractivity contribution in [2.45, 2.75) is 27.2 Å². The highest BCUT2D eigenvalue weighted by Gasteiger charge is 2.40. The fraction of sp³-hybridized carbons (Fsp3) is 0.800. The Hall–Kier alpha value is -1.06. The number of rotatable bonds is 2. The Morgan fingerprint density at radius 1 is 1.57 bits per heavy atom. The average Bonchev–Trinajstić information content (AvgIpc) is 2.27. The second kappa shape index (κ2) is 3.59. The number of amides is 2. The molecular weight excluding hydrogens is 180 g/mol. The molecule has 2 unspecified atom stereocenters. The molecule has 2 atom stereocenters. The fourth-order valence-corrected chi connectivity index (χ4v) is 2.01. The molecule has 1 fully saturated rings. The topological polar surface area (TPSA) is 72.2 Å². The van der Waals surface area contributed by atoms with Gasteiger partial charge in [0.1, 0.15) is 5.92 Å². The maximum atomic E-state index is 11.3. The zero-order valence-electron chi connectivity index (χ0n) is 8.96. The highest BCUT2D eigenvalue weighted by atomic mass is 16.2. The first-order valence-corrected chi connectivity index (χ1v) is 4.88. The van der Waals surface area contributed by atoms with Crippen LogP contribution < -0.4 is 11.1 Å². The molecular formula is C10H18N2O2. The van der Waals surface area contributed by atoms with Crippen LogP contribution in [0, 0.1) is 17.3 Å². The van der Waals surface area contributed by atoms with Crippen LogP contribution in [0.2, 0.25) is 0 Å². The molecule has 14 heavy (non-hydrogen) atoms. The lowest BCUT2D eigenvalue weighted by molar-refractivity contribution is -0.132. The molecule has 0 aromatic heterocycles. The Balaban J connectivity index is 2.70. The van der Waals surface area contributed by atoms with Gasteiger partial charge in [0, 0.05) is 6.54 Å². The maximum absolute atomic E-state index is 11.3. The SMILES string of the molecule is CC(C)(C)CC1CNC(=O)C1C(N)=O. The minimum absolute atomic E-state index is 0.0556. The van der Waals surface area contributed by atoms with Gasteiger partial charge < -0.3 is 11.1 Å². The van der Waals surface area contributed by atoms with Gasteiger partial charge in [-0.25, -0.2) is 0 Å². The van der Waals surface area contributed by atoms with Crippen molar-refractivity contribution in [3.8, 4) is 0 Å². The number of nitrogens with two attached hydrogens (primary N) is 1. The molecule has 2 amide bonds. The van der Waals surface area contributed by atoms with Crippen LogP contribution in [0.15, 0.2) is 0 Å². The van der Waals surface area contributed by atoms with E-state index in [0.717, 1.165) is 6.42 Å². The summed E-state index contributed by atoms with van der Waals surface area (Å²) in [7, 11) is 0. The number of hydrogen-bond donors (Lipinski definition) is 2. The molecule has 0 aliphatic carbocycles. The van der Waals surface area contributed by atoms with Crippen LogP contribution in [0.4, 0.5) is 0 Å². The molecule has 0 aromatic carbocycles. The van der Waals surface area contributed by atoms with Crippen LogP contribution in [0.25, 0.3) is 0 Å². The van der Waals surface area contributed by atoms with Crippen molar-refractivity contribution >= 4 is 11.8 Å². The first kappa shape index (κ1) is 11.0. The average molecular weight is 198 g/mol. The third kappa shape index (κ3) is 2.47. The van der Waals surface area contributed by atoms with E-state index in [2.05, 4.69) is 26.1 Å². The molecule has 1 saturated heterocycles. The number of carbonyl (C=O) groups is 2. The van der Waals surface area contributed by atoms with Crippen LogP contribution in [0.5, 0.6) is 0 Å². The first-order valence-electron chi connectivity index (χ1n) is 4.88. The van der Waals surface area contributed by atoms with E-state index in [4.69, 9.17) is 5.73 Å². The molecule has 80 valence electrons. The van der Waals surface area contributed by atoms with Crippen LogP contribution in [0.1, 0.15) is 27.2 Å². The molecule has 4 heteroatoms. The Morgan fingerprint density at radius 3 is 2.57 bits per heavy atom. The standard InChI is InChI=1S/C10H18N2O2/c1-10(2,3)4-6-5-12-9(14)7(6)8(11)13/h6-7H,4-5H2,1-3H3,(H2,11,13)(H,12,14). The molecule has 3 N–H and O–H groups in total. The summed E-state index contributed by atoms with van der Waals surface area (Å²) in [6.07, 6.45) is 0.833. The predicted molar refractivity (Wildman–Crippen MR) is 53.3 cm³/mol. The third-order valence-corrected chi connectivity index (χ3v) is 2.47. The van der Waals surface area contributed by atoms with E-state index in [1.54, 1.807) is 0 Å². The maximum Gasteiger partial charge on any atom is 0.232 e. The third-order valence-electron chi connectivity index (χ3n) is 2.47. The molecule has 1 aliphatic rings. The second-order valence-electron chi connectivity index (χ2n) is 5.15. The minimum atomic E-state index is -0.630. The van der Waals surface area contributed by atoms with Crippen molar-refractivity contribution in [1.29, 1.82) is 0 Å². The minimum Gasteiger partial charge on any atom is -0.369 e. The van der Waals surface area contributed by atoms with Gasteiger partial charge >= 0.3 is 0 Å². The summed E-state index contributed by atoms with van der Waals surface area (Å²) in [6, 6.07) is 0. The number of carbonyl (C=O) groups excluding carboxylic acids is 2. The molecule has 0 bridgehead atoms. The van der Waals surface area contributed by atoms with Crippen LogP contribution in [-0.4, -0.2) is 18.4 Å². The lowest BCUT2D eigenvalue weighted by Gasteiger charge is -2.24. The predicted octanol–water partition coefficient (Wildman–Crippen LogP) is 0.270. The number of nitrogens with one attached hydrogen (secondary N) is 1. The summed E-state index contributed by atoms with van der Waals surface area (Å²) in [5, 5.41) is 2.68. The van der Waals surface area contributed by atoms with E-state index in [0.29, 0.717) is 6.54 Å². The van der Waals surface area contributed by atoms with Gasteiger partial charge in [0.15, 0.2) is 0 Å². The largest absolute Gasteiger partial charge is 0.369 e. The van der Waals surface area contributed by atoms with Crippen molar-refractivity contribution in [2.24, 2.45) is 23.0 Å². The molecule has 1 heterocycles. The van der Waals surface area contributed by atoms with E-state index in [1.165, 1.54) is 0 Å². The van der Waals surface area contributed by atoms with Gasteiger partial charge in [-0.2, -0.15) is 0 Å². The van der Waals surface area contributed by atoms with E-state index in [1.807, 2.05) is 0 Å². The summed E-state index contributed by atoms with van der Waals surface area (Å²) in [6.45, 7) is 6.85. The first-order chi connectivity index (χ1) is 6.31. The van der Waals surface area contributed by atoms with E-state index >= 15 is 0 Å². The molecule has 1 aliphatic heterocycles. The monoisotopic (exact) mass is 198 g/mol. The summed E-state index contributed by atoms with van der Waals surface area (Å²) < 4.78 is 0. The Morgan fingerprint density at radius 2 is 2.14 bits per heavy atom. The van der Waals surface area contributed by atoms with Crippen molar-refractivity contribution in [2.75, 3.05) is 6.54 Å². The normalized spacial score (nSPS) is 27.5. The molecule has 0 radical (unpaired) electrons. The van der Waals surface area contributed by atoms with Crippen molar-refractivity contribution in [3.63, 3.8) is 0 Å². The molecule has 0 saturated carbocycles. The highest BCUT2D eigenvalue weighted by Crippen LogP contribution is 2.31. The smallest absolute Gasteiger partial charge is 0.232 e. The van der Waals surface area contributed by atoms with Crippen LogP contribution in [0.3, 0.4) is 0 Å². The van der Waals surface area contributed by atoms with Crippen LogP contribution in [-0.2, 0) is 9.59 Å². The summed E-state index contributed by atoms with van der Waals surface area (Å²) in [4.78, 5) is 22.4. The number of primary amides is 1. The van der Waals surface area contributed by atoms with Gasteiger partial charge in [0.25, 0.3) is 0 Å². The van der Waals surface area contributed by atoms with Crippen molar-refractivity contribution in [1.82, 2.24) is 5.32 Å². The van der Waals surface area contributed by atoms with Gasteiger partial charge in [-0.05, 0) is 17.8 Å². The van der Waals surface area contributed by atoms with Gasteiger partial charge in [0.05, 0.1) is 0 Å². The zero-order chi connectivity index (χ0) is 10.9. The van der Waals surface area contributed by atoms with Crippen molar-refractivity contribution < 1.29 is 9.59 Å². The molecule has 0 spiro atoms. The Labute approximate surface area is 84.2 Å². The highest BCUT2D eigenvalue weighted by molar-refractivity contribution is 6.01. The molecule has 4 nitrogen and oxygen atoms in total. The van der Waals surface area contributed by atoms with Gasteiger partial charge in [0.2, 0.25) is 11.8 Å². The second-order valence-corrected chi connectivity index (χ2v) is 5.15. The molecule has 0 aromatic rings. The van der Waals surface area contributed by atoms with Gasteiger partial charge in [-0.15, -0.1) is 0 Å². The van der Waals surface area contributed by atoms with Crippen molar-refractivity contribution in [3.05, 3.63) is 0 Å². The van der Waals surface area contributed by atoms with Gasteiger partial charge in [-0.1, -0.05) is 20.8 Å². The van der Waals surface area contributed by atoms with E-state index < -0.39 is 11.8 Å². The quantitative estimate of drug-likeness (QED) is 0.625. The van der Waals surface area contributed by atoms with Gasteiger partial charge in [-0.3, -0.25) is 9.59 Å². The lowest BCUT2D eigenvalue weighted by atomic mass is 9.80.